The molecule has 0 aliphatic carbocycles. The lowest BCUT2D eigenvalue weighted by Crippen LogP contribution is -2.36. The second-order valence-corrected chi connectivity index (χ2v) is 4.74. The molecule has 1 aromatic heterocycles. The minimum atomic E-state index is 0.497. The van der Waals surface area contributed by atoms with Crippen LogP contribution in [0.4, 0.5) is 5.69 Å². The van der Waals surface area contributed by atoms with Crippen molar-refractivity contribution in [1.82, 2.24) is 10.3 Å². The Hall–Kier alpha value is -1.60. The van der Waals surface area contributed by atoms with Gasteiger partial charge in [-0.05, 0) is 50.9 Å². The van der Waals surface area contributed by atoms with Gasteiger partial charge >= 0.3 is 0 Å². The molecule has 1 saturated heterocycles. The normalized spacial score (nSPS) is 16.2. The van der Waals surface area contributed by atoms with Gasteiger partial charge in [-0.15, -0.1) is 0 Å². The van der Waals surface area contributed by atoms with Crippen molar-refractivity contribution in [2.45, 2.75) is 19.8 Å². The highest BCUT2D eigenvalue weighted by atomic mass is 15.1. The van der Waals surface area contributed by atoms with Gasteiger partial charge in [0.25, 0.3) is 0 Å². The molecule has 4 heteroatoms. The number of piperidine rings is 1. The van der Waals surface area contributed by atoms with E-state index in [2.05, 4.69) is 28.2 Å². The Morgan fingerprint density at radius 1 is 1.50 bits per heavy atom. The van der Waals surface area contributed by atoms with Crippen LogP contribution in [0.5, 0.6) is 0 Å². The van der Waals surface area contributed by atoms with E-state index in [1.165, 1.54) is 12.8 Å². The third-order valence-corrected chi connectivity index (χ3v) is 3.54. The van der Waals surface area contributed by atoms with Crippen LogP contribution in [0, 0.1) is 17.2 Å². The Morgan fingerprint density at radius 2 is 2.28 bits per heavy atom. The van der Waals surface area contributed by atoms with E-state index in [-0.39, 0.29) is 0 Å². The average molecular weight is 244 g/mol. The Labute approximate surface area is 109 Å². The summed E-state index contributed by atoms with van der Waals surface area (Å²) in [5.74, 6) is 0.755. The van der Waals surface area contributed by atoms with Crippen molar-refractivity contribution in [2.75, 3.05) is 31.1 Å². The van der Waals surface area contributed by atoms with Gasteiger partial charge in [-0.1, -0.05) is 0 Å². The summed E-state index contributed by atoms with van der Waals surface area (Å²) in [6.07, 6.45) is 4.21. The van der Waals surface area contributed by atoms with E-state index >= 15 is 0 Å². The highest BCUT2D eigenvalue weighted by molar-refractivity contribution is 5.48. The number of nitriles is 1. The molecule has 96 valence electrons. The molecule has 0 bridgehead atoms. The molecule has 2 rings (SSSR count). The molecule has 0 saturated carbocycles. The molecule has 1 aliphatic heterocycles. The highest BCUT2D eigenvalue weighted by Gasteiger charge is 2.16. The van der Waals surface area contributed by atoms with E-state index in [4.69, 9.17) is 5.26 Å². The highest BCUT2D eigenvalue weighted by Crippen LogP contribution is 2.19. The van der Waals surface area contributed by atoms with Crippen LogP contribution in [-0.4, -0.2) is 31.2 Å². The maximum Gasteiger partial charge on any atom is 0.142 e. The topological polar surface area (TPSA) is 52.0 Å². The van der Waals surface area contributed by atoms with Crippen molar-refractivity contribution >= 4 is 5.69 Å². The van der Waals surface area contributed by atoms with Crippen LogP contribution in [0.25, 0.3) is 0 Å². The number of nitrogens with zero attached hydrogens (tertiary/aromatic N) is 3. The number of anilines is 1. The zero-order valence-corrected chi connectivity index (χ0v) is 10.9. The zero-order chi connectivity index (χ0) is 12.8. The summed E-state index contributed by atoms with van der Waals surface area (Å²) in [7, 11) is 0. The van der Waals surface area contributed by atoms with E-state index in [0.29, 0.717) is 5.69 Å². The molecule has 0 spiro atoms. The maximum atomic E-state index is 8.90. The fourth-order valence-corrected chi connectivity index (χ4v) is 2.47. The van der Waals surface area contributed by atoms with E-state index in [1.807, 2.05) is 12.1 Å². The smallest absolute Gasteiger partial charge is 0.142 e. The van der Waals surface area contributed by atoms with Crippen LogP contribution in [0.15, 0.2) is 18.3 Å². The summed E-state index contributed by atoms with van der Waals surface area (Å²) in [6.45, 7) is 6.46. The second kappa shape index (κ2) is 6.36. The van der Waals surface area contributed by atoms with Crippen LogP contribution >= 0.6 is 0 Å². The molecular weight excluding hydrogens is 224 g/mol. The Morgan fingerprint density at radius 3 is 2.94 bits per heavy atom. The largest absolute Gasteiger partial charge is 0.371 e. The second-order valence-electron chi connectivity index (χ2n) is 4.74. The van der Waals surface area contributed by atoms with Gasteiger partial charge < -0.3 is 10.2 Å². The van der Waals surface area contributed by atoms with Gasteiger partial charge in [0.15, 0.2) is 0 Å². The molecular formula is C14H20N4. The van der Waals surface area contributed by atoms with Crippen molar-refractivity contribution in [3.8, 4) is 6.07 Å². The van der Waals surface area contributed by atoms with E-state index in [9.17, 15) is 0 Å². The third-order valence-electron chi connectivity index (χ3n) is 3.54. The third kappa shape index (κ3) is 3.21. The summed E-state index contributed by atoms with van der Waals surface area (Å²) in [6, 6.07) is 5.97. The minimum absolute atomic E-state index is 0.497. The van der Waals surface area contributed by atoms with Crippen molar-refractivity contribution in [1.29, 1.82) is 5.26 Å². The number of rotatable bonds is 4. The van der Waals surface area contributed by atoms with Crippen LogP contribution in [0.1, 0.15) is 25.5 Å². The van der Waals surface area contributed by atoms with Gasteiger partial charge in [0.05, 0.1) is 0 Å². The van der Waals surface area contributed by atoms with Crippen LogP contribution in [0.2, 0.25) is 0 Å². The molecule has 0 aromatic carbocycles. The maximum absolute atomic E-state index is 8.90. The van der Waals surface area contributed by atoms with Crippen LogP contribution < -0.4 is 10.2 Å². The first kappa shape index (κ1) is 12.8. The van der Waals surface area contributed by atoms with Crippen LogP contribution in [0.3, 0.4) is 0 Å². The van der Waals surface area contributed by atoms with Gasteiger partial charge in [0.1, 0.15) is 11.8 Å². The van der Waals surface area contributed by atoms with Gasteiger partial charge in [-0.2, -0.15) is 5.26 Å². The zero-order valence-electron chi connectivity index (χ0n) is 10.9. The molecule has 0 atom stereocenters. The standard InChI is InChI=1S/C14H20N4/c1-2-18(11-12-3-6-16-7-4-12)14-5-8-17-13(9-14)10-15/h5,8-9,12,16H,2-4,6-7,11H2,1H3. The Balaban J connectivity index is 2.05. The molecule has 1 aromatic rings. The van der Waals surface area contributed by atoms with Gasteiger partial charge in [0, 0.05) is 25.0 Å². The first-order valence-electron chi connectivity index (χ1n) is 6.65. The van der Waals surface area contributed by atoms with Gasteiger partial charge in [-0.25, -0.2) is 4.98 Å². The minimum Gasteiger partial charge on any atom is -0.371 e. The molecule has 1 aliphatic rings. The van der Waals surface area contributed by atoms with Crippen molar-refractivity contribution in [3.05, 3.63) is 24.0 Å². The lowest BCUT2D eigenvalue weighted by atomic mass is 9.97. The molecule has 0 unspecified atom stereocenters. The van der Waals surface area contributed by atoms with Crippen molar-refractivity contribution in [2.24, 2.45) is 5.92 Å². The lowest BCUT2D eigenvalue weighted by molar-refractivity contribution is 0.374. The molecule has 2 heterocycles. The van der Waals surface area contributed by atoms with E-state index in [1.54, 1.807) is 6.20 Å². The van der Waals surface area contributed by atoms with Crippen molar-refractivity contribution in [3.63, 3.8) is 0 Å². The fourth-order valence-electron chi connectivity index (χ4n) is 2.47. The Kier molecular flexibility index (Phi) is 4.54. The predicted octanol–water partition coefficient (Wildman–Crippen LogP) is 1.78. The first-order chi connectivity index (χ1) is 8.83. The van der Waals surface area contributed by atoms with Gasteiger partial charge in [-0.3, -0.25) is 0 Å². The number of hydrogen-bond donors (Lipinski definition) is 1. The molecule has 4 nitrogen and oxygen atoms in total. The van der Waals surface area contributed by atoms with Gasteiger partial charge in [0.2, 0.25) is 0 Å². The lowest BCUT2D eigenvalue weighted by Gasteiger charge is -2.30. The van der Waals surface area contributed by atoms with E-state index < -0.39 is 0 Å². The molecule has 0 radical (unpaired) electrons. The Bertz CT molecular complexity index is 418. The van der Waals surface area contributed by atoms with E-state index in [0.717, 1.165) is 37.8 Å². The van der Waals surface area contributed by atoms with Crippen molar-refractivity contribution < 1.29 is 0 Å². The SMILES string of the molecule is CCN(CC1CCNCC1)c1ccnc(C#N)c1. The summed E-state index contributed by atoms with van der Waals surface area (Å²) >= 11 is 0. The number of aromatic nitrogens is 1. The first-order valence-corrected chi connectivity index (χ1v) is 6.65. The monoisotopic (exact) mass is 244 g/mol. The summed E-state index contributed by atoms with van der Waals surface area (Å²) in [4.78, 5) is 6.37. The summed E-state index contributed by atoms with van der Waals surface area (Å²) in [5.41, 5.74) is 1.61. The molecule has 18 heavy (non-hydrogen) atoms. The number of hydrogen-bond acceptors (Lipinski definition) is 4. The summed E-state index contributed by atoms with van der Waals surface area (Å²) < 4.78 is 0. The predicted molar refractivity (Wildman–Crippen MR) is 72.4 cm³/mol. The number of pyridine rings is 1. The summed E-state index contributed by atoms with van der Waals surface area (Å²) in [5, 5.41) is 12.3. The molecule has 1 N–H and O–H groups in total. The quantitative estimate of drug-likeness (QED) is 0.877. The fraction of sp³-hybridized carbons (Fsp3) is 0.571. The number of nitrogens with one attached hydrogen (secondary N) is 1. The van der Waals surface area contributed by atoms with Crippen LogP contribution in [-0.2, 0) is 0 Å². The average Bonchev–Trinajstić information content (AvgIpc) is 2.46. The molecule has 1 fully saturated rings. The molecule has 0 amide bonds.